The lowest BCUT2D eigenvalue weighted by Gasteiger charge is -2.41. The lowest BCUT2D eigenvalue weighted by atomic mass is 9.96. The molecule has 0 unspecified atom stereocenters. The summed E-state index contributed by atoms with van der Waals surface area (Å²) < 4.78 is 81.3. The molecule has 0 bridgehead atoms. The molecule has 0 heterocycles. The summed E-state index contributed by atoms with van der Waals surface area (Å²) in [5.41, 5.74) is 9.65. The Morgan fingerprint density at radius 2 is 0.449 bits per heavy atom. The van der Waals surface area contributed by atoms with Gasteiger partial charge in [-0.15, -0.1) is 0 Å². The summed E-state index contributed by atoms with van der Waals surface area (Å²) >= 11 is 0. The van der Waals surface area contributed by atoms with Gasteiger partial charge in [-0.3, -0.25) is 4.65 Å². The van der Waals surface area contributed by atoms with E-state index in [1.807, 2.05) is 121 Å². The van der Waals surface area contributed by atoms with E-state index >= 15 is 5.21 Å². The van der Waals surface area contributed by atoms with Crippen LogP contribution in [0.25, 0.3) is 44.5 Å². The molecule has 0 aliphatic carbocycles. The maximum absolute atomic E-state index is 16.0. The molecule has 4 nitrogen and oxygen atoms in total. The van der Waals surface area contributed by atoms with E-state index in [0.717, 1.165) is 56.4 Å². The first-order chi connectivity index (χ1) is 37.8. The predicted octanol–water partition coefficient (Wildman–Crippen LogP) is 20.8. The third-order valence-corrected chi connectivity index (χ3v) is 13.8. The number of hydrogen-bond acceptors (Lipinski definition) is 3. The van der Waals surface area contributed by atoms with Crippen LogP contribution in [-0.2, 0) is 12.4 Å². The van der Waals surface area contributed by atoms with Crippen molar-refractivity contribution in [2.24, 2.45) is 0 Å². The van der Waals surface area contributed by atoms with Crippen LogP contribution in [-0.4, -0.2) is 0 Å². The van der Waals surface area contributed by atoms with Crippen LogP contribution in [0.15, 0.2) is 285 Å². The number of benzene rings is 11. The van der Waals surface area contributed by atoms with Crippen LogP contribution in [0.5, 0.6) is 0 Å². The van der Waals surface area contributed by atoms with Crippen molar-refractivity contribution in [3.05, 3.63) is 301 Å². The fourth-order valence-electron chi connectivity index (χ4n) is 9.82. The number of halogens is 6. The van der Waals surface area contributed by atoms with E-state index in [1.165, 1.54) is 12.1 Å². The van der Waals surface area contributed by atoms with Gasteiger partial charge >= 0.3 is 12.4 Å². The van der Waals surface area contributed by atoms with Crippen LogP contribution in [0, 0.1) is 5.21 Å². The van der Waals surface area contributed by atoms with Gasteiger partial charge in [0.15, 0.2) is 0 Å². The first-order valence-corrected chi connectivity index (χ1v) is 25.1. The third kappa shape index (κ3) is 10.6. The van der Waals surface area contributed by atoms with Crippen LogP contribution in [0.2, 0.25) is 0 Å². The Hall–Kier alpha value is -9.48. The highest BCUT2D eigenvalue weighted by atomic mass is 19.4. The van der Waals surface area contributed by atoms with Crippen molar-refractivity contribution in [3.8, 4) is 44.5 Å². The monoisotopic (exact) mass is 1040 g/mol. The van der Waals surface area contributed by atoms with Crippen LogP contribution in [0.3, 0.4) is 0 Å². The van der Waals surface area contributed by atoms with Crippen molar-refractivity contribution < 1.29 is 26.3 Å². The Morgan fingerprint density at radius 3 is 0.692 bits per heavy atom. The summed E-state index contributed by atoms with van der Waals surface area (Å²) in [5.74, 6) is 0. The largest absolute Gasteiger partial charge is 0.616 e. The summed E-state index contributed by atoms with van der Waals surface area (Å²) in [6, 6.07) is 87.3. The number of hydrogen-bond donors (Lipinski definition) is 0. The molecule has 0 atom stereocenters. The second-order valence-corrected chi connectivity index (χ2v) is 18.7. The zero-order chi connectivity index (χ0) is 53.9. The molecule has 10 heteroatoms. The molecule has 11 aromatic rings. The minimum absolute atomic E-state index is 0.118. The SMILES string of the molecule is [O-][N+](c1ccc(-c2ccc(-c3cc(C(F)(F)F)cc(C(F)(F)F)c3)cc2)cc1)(c1ccc(-c2ccc(N(c3ccccc3)c3ccccc3)cc2)cc1)c1ccc(-c2ccc(N(c3ccccc3)c3ccccc3)cc2)cc1. The normalized spacial score (nSPS) is 11.8. The highest BCUT2D eigenvalue weighted by molar-refractivity contribution is 5.82. The molecule has 382 valence electrons. The number of nitrogens with zero attached hydrogens (tertiary/aromatic N) is 3. The Bertz CT molecular complexity index is 3480. The van der Waals surface area contributed by atoms with Crippen molar-refractivity contribution in [2.45, 2.75) is 12.4 Å². The Balaban J connectivity index is 0.916. The van der Waals surface area contributed by atoms with Crippen LogP contribution < -0.4 is 14.4 Å². The van der Waals surface area contributed by atoms with Gasteiger partial charge in [0.1, 0.15) is 17.1 Å². The minimum Gasteiger partial charge on any atom is -0.616 e. The fraction of sp³-hybridized carbons (Fsp3) is 0.0294. The Kier molecular flexibility index (Phi) is 13.8. The molecule has 0 fully saturated rings. The van der Waals surface area contributed by atoms with Crippen LogP contribution >= 0.6 is 0 Å². The summed E-state index contributed by atoms with van der Waals surface area (Å²) in [4.78, 5) is 4.39. The number of para-hydroxylation sites is 4. The van der Waals surface area contributed by atoms with E-state index in [9.17, 15) is 26.3 Å². The molecule has 0 spiro atoms. The van der Waals surface area contributed by atoms with Gasteiger partial charge < -0.3 is 15.0 Å². The van der Waals surface area contributed by atoms with Crippen molar-refractivity contribution in [2.75, 3.05) is 9.80 Å². The second-order valence-electron chi connectivity index (χ2n) is 18.7. The van der Waals surface area contributed by atoms with Gasteiger partial charge in [0.05, 0.1) is 11.1 Å². The standard InChI is InChI=1S/C68H47F6N3O/c69-67(70,71)56-45-55(46-57(47-56)68(72,73)74)54-23-21-48(22-24-54)51-29-39-64(40-30-51)77(78,65-41-31-52(32-42-65)49-25-35-62(36-26-49)75(58-13-5-1-6-14-58)59-15-7-2-8-16-59)66-43-33-53(34-44-66)50-27-37-63(38-28-50)76(60-17-9-3-10-18-60)61-19-11-4-12-20-61/h1-47H. The molecular weight excluding hydrogens is 989 g/mol. The maximum atomic E-state index is 16.0. The van der Waals surface area contributed by atoms with E-state index in [4.69, 9.17) is 0 Å². The van der Waals surface area contributed by atoms with E-state index < -0.39 is 28.1 Å². The Labute approximate surface area is 448 Å². The van der Waals surface area contributed by atoms with Gasteiger partial charge in [-0.2, -0.15) is 26.3 Å². The molecule has 0 radical (unpaired) electrons. The van der Waals surface area contributed by atoms with Crippen molar-refractivity contribution >= 4 is 51.2 Å². The van der Waals surface area contributed by atoms with Gasteiger partial charge in [-0.1, -0.05) is 121 Å². The smallest absolute Gasteiger partial charge is 0.416 e. The topological polar surface area (TPSA) is 29.5 Å². The van der Waals surface area contributed by atoms with Gasteiger partial charge in [0.25, 0.3) is 0 Å². The van der Waals surface area contributed by atoms with Crippen molar-refractivity contribution in [3.63, 3.8) is 0 Å². The molecular formula is C68H47F6N3O. The average Bonchev–Trinajstić information content (AvgIpc) is 3.48. The molecule has 78 heavy (non-hydrogen) atoms. The molecule has 11 rings (SSSR count). The summed E-state index contributed by atoms with van der Waals surface area (Å²) in [7, 11) is 0. The minimum atomic E-state index is -4.97. The molecule has 11 aromatic carbocycles. The molecule has 0 saturated carbocycles. The highest BCUT2D eigenvalue weighted by Crippen LogP contribution is 2.46. The van der Waals surface area contributed by atoms with Gasteiger partial charge in [0, 0.05) is 70.5 Å². The van der Waals surface area contributed by atoms with E-state index in [-0.39, 0.29) is 17.2 Å². The van der Waals surface area contributed by atoms with E-state index in [1.54, 1.807) is 36.4 Å². The lowest BCUT2D eigenvalue weighted by Crippen LogP contribution is -2.31. The average molecular weight is 1040 g/mol. The number of anilines is 6. The molecule has 0 saturated heterocycles. The number of quaternary nitrogens is 1. The molecule has 0 aliphatic heterocycles. The summed E-state index contributed by atoms with van der Waals surface area (Å²) in [5, 5.41) is 16.0. The zero-order valence-electron chi connectivity index (χ0n) is 41.7. The quantitative estimate of drug-likeness (QED) is 0.0655. The van der Waals surface area contributed by atoms with Crippen LogP contribution in [0.1, 0.15) is 11.1 Å². The fourth-order valence-corrected chi connectivity index (χ4v) is 9.82. The van der Waals surface area contributed by atoms with Gasteiger partial charge in [-0.05, 0) is 172 Å². The van der Waals surface area contributed by atoms with Crippen LogP contribution in [0.4, 0.5) is 77.5 Å². The van der Waals surface area contributed by atoms with E-state index in [0.29, 0.717) is 40.3 Å². The molecule has 0 aliphatic rings. The second kappa shape index (κ2) is 21.3. The predicted molar refractivity (Wildman–Crippen MR) is 305 cm³/mol. The number of alkyl halides is 6. The lowest BCUT2D eigenvalue weighted by molar-refractivity contribution is -0.143. The van der Waals surface area contributed by atoms with Crippen molar-refractivity contribution in [1.82, 2.24) is 4.65 Å². The summed E-state index contributed by atoms with van der Waals surface area (Å²) in [6.45, 7) is 0. The highest BCUT2D eigenvalue weighted by Gasteiger charge is 2.37. The molecule has 0 aromatic heterocycles. The van der Waals surface area contributed by atoms with Gasteiger partial charge in [0.2, 0.25) is 0 Å². The Morgan fingerprint density at radius 1 is 0.244 bits per heavy atom. The van der Waals surface area contributed by atoms with Crippen molar-refractivity contribution in [1.29, 1.82) is 0 Å². The first kappa shape index (κ1) is 50.7. The molecule has 0 N–H and O–H groups in total. The summed E-state index contributed by atoms with van der Waals surface area (Å²) in [6.07, 6.45) is -9.95. The molecule has 0 amide bonds. The van der Waals surface area contributed by atoms with E-state index in [2.05, 4.69) is 107 Å². The van der Waals surface area contributed by atoms with Gasteiger partial charge in [-0.25, -0.2) is 0 Å². The third-order valence-electron chi connectivity index (χ3n) is 13.8. The zero-order valence-corrected chi connectivity index (χ0v) is 41.7. The number of rotatable bonds is 13. The first-order valence-electron chi connectivity index (χ1n) is 25.1. The maximum Gasteiger partial charge on any atom is 0.416 e.